The fourth-order valence-corrected chi connectivity index (χ4v) is 4.43. The lowest BCUT2D eigenvalue weighted by Gasteiger charge is -2.32. The highest BCUT2D eigenvalue weighted by Gasteiger charge is 2.25. The summed E-state index contributed by atoms with van der Waals surface area (Å²) in [5.41, 5.74) is 0.374. The second-order valence-corrected chi connectivity index (χ2v) is 8.32. The predicted octanol–water partition coefficient (Wildman–Crippen LogP) is 2.20. The van der Waals surface area contributed by atoms with E-state index in [1.807, 2.05) is 0 Å². The van der Waals surface area contributed by atoms with Crippen molar-refractivity contribution >= 4 is 33.2 Å². The third kappa shape index (κ3) is 3.96. The first-order valence-corrected chi connectivity index (χ1v) is 9.38. The summed E-state index contributed by atoms with van der Waals surface area (Å²) in [6, 6.07) is 8.58. The first-order valence-electron chi connectivity index (χ1n) is 7.77. The molecule has 0 bridgehead atoms. The van der Waals surface area contributed by atoms with Gasteiger partial charge in [0.1, 0.15) is 6.54 Å². The van der Waals surface area contributed by atoms with Crippen LogP contribution in [0.5, 0.6) is 5.75 Å². The molecule has 0 saturated carbocycles. The summed E-state index contributed by atoms with van der Waals surface area (Å²) in [7, 11) is 1.41. The smallest absolute Gasteiger partial charge is 0.254 e. The Morgan fingerprint density at radius 3 is 2.67 bits per heavy atom. The van der Waals surface area contributed by atoms with Gasteiger partial charge in [-0.2, -0.15) is 0 Å². The number of quaternary nitrogens is 1. The zero-order valence-corrected chi connectivity index (χ0v) is 15.8. The number of benzene rings is 1. The molecule has 1 aliphatic heterocycles. The first-order chi connectivity index (χ1) is 11.6. The third-order valence-electron chi connectivity index (χ3n) is 4.21. The van der Waals surface area contributed by atoms with Crippen LogP contribution in [0.15, 0.2) is 34.1 Å². The summed E-state index contributed by atoms with van der Waals surface area (Å²) in [6.45, 7) is 4.16. The van der Waals surface area contributed by atoms with Gasteiger partial charge in [-0.05, 0) is 46.3 Å². The van der Waals surface area contributed by atoms with E-state index < -0.39 is 5.82 Å². The van der Waals surface area contributed by atoms with E-state index in [9.17, 15) is 9.18 Å². The Bertz CT molecular complexity index is 729. The Morgan fingerprint density at radius 2 is 2.08 bits per heavy atom. The molecule has 1 saturated heterocycles. The van der Waals surface area contributed by atoms with E-state index in [4.69, 9.17) is 4.74 Å². The van der Waals surface area contributed by atoms with E-state index >= 15 is 0 Å². The molecule has 1 fully saturated rings. The number of nitrogens with one attached hydrogen (secondary N) is 1. The van der Waals surface area contributed by atoms with Gasteiger partial charge in [-0.25, -0.2) is 4.39 Å². The molecule has 0 radical (unpaired) electrons. The number of methoxy groups -OCH3 is 1. The monoisotopic (exact) mass is 413 g/mol. The van der Waals surface area contributed by atoms with Gasteiger partial charge in [0, 0.05) is 5.56 Å². The van der Waals surface area contributed by atoms with Gasteiger partial charge < -0.3 is 14.5 Å². The molecule has 3 rings (SSSR count). The highest BCUT2D eigenvalue weighted by atomic mass is 79.9. The number of hydrogen-bond acceptors (Lipinski definition) is 3. The van der Waals surface area contributed by atoms with Gasteiger partial charge >= 0.3 is 0 Å². The van der Waals surface area contributed by atoms with E-state index in [1.165, 1.54) is 29.0 Å². The van der Waals surface area contributed by atoms with Crippen LogP contribution in [0.4, 0.5) is 4.39 Å². The van der Waals surface area contributed by atoms with Crippen molar-refractivity contribution in [2.75, 3.05) is 33.3 Å². The zero-order valence-electron chi connectivity index (χ0n) is 13.4. The van der Waals surface area contributed by atoms with Gasteiger partial charge in [0.15, 0.2) is 11.6 Å². The topological polar surface area (TPSA) is 34.0 Å². The van der Waals surface area contributed by atoms with Gasteiger partial charge in [-0.1, -0.05) is 0 Å². The van der Waals surface area contributed by atoms with Crippen LogP contribution in [-0.4, -0.2) is 44.1 Å². The molecule has 0 spiro atoms. The Morgan fingerprint density at radius 1 is 1.33 bits per heavy atom. The average molecular weight is 414 g/mol. The minimum Gasteiger partial charge on any atom is -0.494 e. The standard InChI is InChI=1S/C17H18BrFN2O2S/c1-23-15-4-2-12(10-14(15)19)17(22)21-8-6-20(7-9-21)11-13-3-5-16(18)24-13/h2-5,10H,6-9,11H2,1H3/p+1. The van der Waals surface area contributed by atoms with Crippen molar-refractivity contribution in [1.82, 2.24) is 4.90 Å². The van der Waals surface area contributed by atoms with Gasteiger partial charge in [0.2, 0.25) is 0 Å². The van der Waals surface area contributed by atoms with Crippen molar-refractivity contribution in [3.63, 3.8) is 0 Å². The quantitative estimate of drug-likeness (QED) is 0.833. The number of carbonyl (C=O) groups excluding carboxylic acids is 1. The normalized spacial score (nSPS) is 15.5. The molecule has 24 heavy (non-hydrogen) atoms. The minimum absolute atomic E-state index is 0.116. The third-order valence-corrected chi connectivity index (χ3v) is 5.83. The molecule has 1 aromatic carbocycles. The van der Waals surface area contributed by atoms with Crippen molar-refractivity contribution in [2.24, 2.45) is 0 Å². The number of amides is 1. The van der Waals surface area contributed by atoms with Crippen LogP contribution in [0.2, 0.25) is 0 Å². The van der Waals surface area contributed by atoms with E-state index in [1.54, 1.807) is 22.3 Å². The molecule has 0 unspecified atom stereocenters. The number of piperazine rings is 1. The van der Waals surface area contributed by atoms with Crippen LogP contribution in [-0.2, 0) is 6.54 Å². The maximum absolute atomic E-state index is 13.8. The van der Waals surface area contributed by atoms with Crippen molar-refractivity contribution in [3.05, 3.63) is 50.4 Å². The molecule has 1 N–H and O–H groups in total. The second kappa shape index (κ2) is 7.63. The minimum atomic E-state index is -0.504. The maximum atomic E-state index is 13.8. The van der Waals surface area contributed by atoms with Crippen molar-refractivity contribution in [1.29, 1.82) is 0 Å². The van der Waals surface area contributed by atoms with Gasteiger partial charge in [-0.15, -0.1) is 11.3 Å². The van der Waals surface area contributed by atoms with E-state index in [0.29, 0.717) is 18.7 Å². The van der Waals surface area contributed by atoms with Crippen LogP contribution in [0.25, 0.3) is 0 Å². The summed E-state index contributed by atoms with van der Waals surface area (Å²) in [5, 5.41) is 0. The van der Waals surface area contributed by atoms with Crippen LogP contribution in [0.1, 0.15) is 15.2 Å². The fourth-order valence-electron chi connectivity index (χ4n) is 2.88. The Hall–Kier alpha value is -1.44. The Balaban J connectivity index is 1.57. The molecule has 1 aliphatic rings. The molecule has 2 aromatic rings. The SMILES string of the molecule is COc1ccc(C(=O)N2CC[NH+](Cc3ccc(Br)s3)CC2)cc1F. The van der Waals surface area contributed by atoms with Gasteiger partial charge in [0.05, 0.1) is 42.0 Å². The van der Waals surface area contributed by atoms with Crippen molar-refractivity contribution in [3.8, 4) is 5.75 Å². The van der Waals surface area contributed by atoms with E-state index in [2.05, 4.69) is 28.1 Å². The summed E-state index contributed by atoms with van der Waals surface area (Å²) in [6.07, 6.45) is 0. The Kier molecular flexibility index (Phi) is 5.53. The molecule has 128 valence electrons. The molecular formula is C17H19BrFN2O2S+. The molecule has 1 aromatic heterocycles. The summed E-state index contributed by atoms with van der Waals surface area (Å²) >= 11 is 5.24. The highest BCUT2D eigenvalue weighted by Crippen LogP contribution is 2.21. The lowest BCUT2D eigenvalue weighted by atomic mass is 10.1. The number of thiophene rings is 1. The number of nitrogens with zero attached hydrogens (tertiary/aromatic N) is 1. The van der Waals surface area contributed by atoms with Gasteiger partial charge in [0.25, 0.3) is 5.91 Å². The largest absolute Gasteiger partial charge is 0.494 e. The number of carbonyl (C=O) groups is 1. The average Bonchev–Trinajstić information content (AvgIpc) is 2.99. The number of ether oxygens (including phenoxy) is 1. The lowest BCUT2D eigenvalue weighted by molar-refractivity contribution is -0.917. The molecule has 0 atom stereocenters. The van der Waals surface area contributed by atoms with Crippen LogP contribution >= 0.6 is 27.3 Å². The van der Waals surface area contributed by atoms with E-state index in [-0.39, 0.29) is 11.7 Å². The fraction of sp³-hybridized carbons (Fsp3) is 0.353. The van der Waals surface area contributed by atoms with Crippen LogP contribution in [0.3, 0.4) is 0 Å². The molecule has 7 heteroatoms. The predicted molar refractivity (Wildman–Crippen MR) is 95.3 cm³/mol. The van der Waals surface area contributed by atoms with Crippen molar-refractivity contribution < 1.29 is 18.8 Å². The van der Waals surface area contributed by atoms with Gasteiger partial charge in [-0.3, -0.25) is 4.79 Å². The second-order valence-electron chi connectivity index (χ2n) is 5.77. The maximum Gasteiger partial charge on any atom is 0.254 e. The summed E-state index contributed by atoms with van der Waals surface area (Å²) < 4.78 is 19.8. The Labute approximate surface area is 153 Å². The molecule has 2 heterocycles. The first kappa shape index (κ1) is 17.4. The zero-order chi connectivity index (χ0) is 17.1. The number of rotatable bonds is 4. The van der Waals surface area contributed by atoms with E-state index in [0.717, 1.165) is 23.4 Å². The van der Waals surface area contributed by atoms with Crippen LogP contribution < -0.4 is 9.64 Å². The summed E-state index contributed by atoms with van der Waals surface area (Å²) in [5.74, 6) is -0.465. The van der Waals surface area contributed by atoms with Crippen molar-refractivity contribution in [2.45, 2.75) is 6.54 Å². The van der Waals surface area contributed by atoms with Crippen LogP contribution in [0, 0.1) is 5.82 Å². The number of hydrogen-bond donors (Lipinski definition) is 1. The molecule has 1 amide bonds. The molecule has 0 aliphatic carbocycles. The lowest BCUT2D eigenvalue weighted by Crippen LogP contribution is -3.13. The summed E-state index contributed by atoms with van der Waals surface area (Å²) in [4.78, 5) is 17.1. The molecule has 4 nitrogen and oxygen atoms in total. The molecular weight excluding hydrogens is 395 g/mol. The highest BCUT2D eigenvalue weighted by molar-refractivity contribution is 9.11. The number of halogens is 2.